The van der Waals surface area contributed by atoms with Crippen molar-refractivity contribution < 1.29 is 4.74 Å². The Morgan fingerprint density at radius 2 is 2.07 bits per heavy atom. The number of nitrogens with zero attached hydrogens (tertiary/aromatic N) is 4. The smallest absolute Gasteiger partial charge is 0.208 e. The number of anilines is 2. The molecule has 142 valence electrons. The van der Waals surface area contributed by atoms with Crippen molar-refractivity contribution in [2.24, 2.45) is 0 Å². The lowest BCUT2D eigenvalue weighted by atomic mass is 10.0. The summed E-state index contributed by atoms with van der Waals surface area (Å²) in [6.07, 6.45) is 4.32. The number of hydrogen-bond acceptors (Lipinski definition) is 6. The number of aromatic nitrogens is 3. The lowest BCUT2D eigenvalue weighted by molar-refractivity contribution is 0.357. The van der Waals surface area contributed by atoms with E-state index in [-0.39, 0.29) is 0 Å². The van der Waals surface area contributed by atoms with Crippen LogP contribution < -0.4 is 15.8 Å². The second kappa shape index (κ2) is 6.84. The predicted octanol–water partition coefficient (Wildman–Crippen LogP) is 3.40. The number of ether oxygens (including phenoxy) is 1. The number of benzene rings is 2. The van der Waals surface area contributed by atoms with Gasteiger partial charge in [-0.1, -0.05) is 30.3 Å². The molecule has 7 heteroatoms. The minimum Gasteiger partial charge on any atom is -0.493 e. The number of imidazole rings is 1. The molecule has 2 aromatic heterocycles. The molecule has 3 heterocycles. The summed E-state index contributed by atoms with van der Waals surface area (Å²) in [6.45, 7) is 1.18. The summed E-state index contributed by atoms with van der Waals surface area (Å²) in [7, 11) is 0. The van der Waals surface area contributed by atoms with E-state index in [1.807, 2.05) is 46.9 Å². The van der Waals surface area contributed by atoms with Crippen molar-refractivity contribution in [2.45, 2.75) is 13.0 Å². The molecule has 0 saturated carbocycles. The maximum absolute atomic E-state index is 9.34. The summed E-state index contributed by atoms with van der Waals surface area (Å²) >= 11 is 0. The van der Waals surface area contributed by atoms with Gasteiger partial charge in [-0.05, 0) is 17.7 Å². The summed E-state index contributed by atoms with van der Waals surface area (Å²) < 4.78 is 7.46. The van der Waals surface area contributed by atoms with Gasteiger partial charge in [-0.15, -0.1) is 0 Å². The van der Waals surface area contributed by atoms with E-state index in [1.165, 1.54) is 0 Å². The van der Waals surface area contributed by atoms with Crippen molar-refractivity contribution in [3.05, 3.63) is 71.7 Å². The highest BCUT2D eigenvalue weighted by Crippen LogP contribution is 2.33. The third kappa shape index (κ3) is 2.91. The Kier molecular flexibility index (Phi) is 4.03. The van der Waals surface area contributed by atoms with Gasteiger partial charge >= 0.3 is 0 Å². The lowest BCUT2D eigenvalue weighted by Crippen LogP contribution is -2.10. The fraction of sp³-hybridized carbons (Fsp3) is 0.136. The summed E-state index contributed by atoms with van der Waals surface area (Å²) in [5.41, 5.74) is 12.0. The molecule has 0 spiro atoms. The van der Waals surface area contributed by atoms with Gasteiger partial charge in [0, 0.05) is 41.5 Å². The van der Waals surface area contributed by atoms with Crippen LogP contribution in [0.25, 0.3) is 16.8 Å². The maximum Gasteiger partial charge on any atom is 0.208 e. The van der Waals surface area contributed by atoms with Crippen molar-refractivity contribution in [2.75, 3.05) is 17.7 Å². The second-order valence-electron chi connectivity index (χ2n) is 6.86. The van der Waals surface area contributed by atoms with Crippen LogP contribution in [0.1, 0.15) is 16.8 Å². The Balaban J connectivity index is 1.55. The number of nitrogen functional groups attached to an aromatic ring is 1. The predicted molar refractivity (Wildman–Crippen MR) is 111 cm³/mol. The van der Waals surface area contributed by atoms with E-state index in [4.69, 9.17) is 10.5 Å². The fourth-order valence-corrected chi connectivity index (χ4v) is 3.72. The van der Waals surface area contributed by atoms with Crippen LogP contribution in [0, 0.1) is 11.3 Å². The van der Waals surface area contributed by atoms with Crippen LogP contribution in [-0.4, -0.2) is 21.0 Å². The van der Waals surface area contributed by atoms with Gasteiger partial charge < -0.3 is 15.8 Å². The Bertz CT molecular complexity index is 1260. The molecule has 7 nitrogen and oxygen atoms in total. The molecule has 0 amide bonds. The van der Waals surface area contributed by atoms with Crippen molar-refractivity contribution in [1.82, 2.24) is 14.4 Å². The van der Waals surface area contributed by atoms with Crippen molar-refractivity contribution in [1.29, 1.82) is 5.26 Å². The molecular weight excluding hydrogens is 364 g/mol. The van der Waals surface area contributed by atoms with Crippen LogP contribution in [0.2, 0.25) is 0 Å². The number of hydrogen-bond donors (Lipinski definition) is 2. The average molecular weight is 382 g/mol. The summed E-state index contributed by atoms with van der Waals surface area (Å²) in [4.78, 5) is 9.08. The molecule has 0 unspecified atom stereocenters. The SMILES string of the molecule is N#Cc1cn2c(NCc3c(N)ccc4c3CCO4)ncc(-c3ccccc3)c2n1. The van der Waals surface area contributed by atoms with Gasteiger partial charge in [-0.3, -0.25) is 4.40 Å². The summed E-state index contributed by atoms with van der Waals surface area (Å²) in [6, 6.07) is 15.8. The third-order valence-corrected chi connectivity index (χ3v) is 5.15. The Labute approximate surface area is 167 Å². The summed E-state index contributed by atoms with van der Waals surface area (Å²) in [5.74, 6) is 1.49. The van der Waals surface area contributed by atoms with E-state index in [2.05, 4.69) is 21.4 Å². The highest BCUT2D eigenvalue weighted by molar-refractivity contribution is 5.78. The molecule has 1 aliphatic rings. The number of nitrogens with two attached hydrogens (primary N) is 1. The molecule has 0 radical (unpaired) electrons. The second-order valence-corrected chi connectivity index (χ2v) is 6.86. The number of fused-ring (bicyclic) bond motifs is 2. The van der Waals surface area contributed by atoms with Gasteiger partial charge in [0.25, 0.3) is 0 Å². The molecule has 0 saturated heterocycles. The zero-order chi connectivity index (χ0) is 19.8. The first-order valence-electron chi connectivity index (χ1n) is 9.35. The highest BCUT2D eigenvalue weighted by Gasteiger charge is 2.19. The molecule has 0 bridgehead atoms. The first-order chi connectivity index (χ1) is 14.2. The monoisotopic (exact) mass is 382 g/mol. The quantitative estimate of drug-likeness (QED) is 0.525. The number of nitrogens with one attached hydrogen (secondary N) is 1. The van der Waals surface area contributed by atoms with E-state index < -0.39 is 0 Å². The van der Waals surface area contributed by atoms with Crippen molar-refractivity contribution in [3.8, 4) is 22.9 Å². The van der Waals surface area contributed by atoms with Crippen LogP contribution in [0.3, 0.4) is 0 Å². The largest absolute Gasteiger partial charge is 0.493 e. The van der Waals surface area contributed by atoms with E-state index in [0.717, 1.165) is 40.1 Å². The molecule has 29 heavy (non-hydrogen) atoms. The van der Waals surface area contributed by atoms with Gasteiger partial charge in [0.05, 0.1) is 12.8 Å². The Morgan fingerprint density at radius 3 is 2.90 bits per heavy atom. The molecule has 2 aromatic carbocycles. The third-order valence-electron chi connectivity index (χ3n) is 5.15. The molecule has 0 fully saturated rings. The van der Waals surface area contributed by atoms with E-state index in [1.54, 1.807) is 12.4 Å². The van der Waals surface area contributed by atoms with Gasteiger partial charge in [-0.25, -0.2) is 9.97 Å². The number of rotatable bonds is 4. The molecule has 4 aromatic rings. The van der Waals surface area contributed by atoms with E-state index in [9.17, 15) is 5.26 Å². The van der Waals surface area contributed by atoms with Crippen LogP contribution in [-0.2, 0) is 13.0 Å². The minimum atomic E-state index is 0.340. The standard InChI is InChI=1S/C22H18N6O/c23-10-15-13-28-21(27-15)17(14-4-2-1-3-5-14)11-25-22(28)26-12-18-16-8-9-29-20(16)7-6-19(18)24/h1-7,11,13H,8-9,12,24H2,(H,25,26). The van der Waals surface area contributed by atoms with Crippen LogP contribution >= 0.6 is 0 Å². The van der Waals surface area contributed by atoms with Crippen LogP contribution in [0.5, 0.6) is 5.75 Å². The van der Waals surface area contributed by atoms with Gasteiger partial charge in [0.15, 0.2) is 11.3 Å². The topological polar surface area (TPSA) is 101 Å². The summed E-state index contributed by atoms with van der Waals surface area (Å²) in [5, 5.41) is 12.7. The van der Waals surface area contributed by atoms with Gasteiger partial charge in [-0.2, -0.15) is 5.26 Å². The van der Waals surface area contributed by atoms with Gasteiger partial charge in [0.2, 0.25) is 5.95 Å². The Hall–Kier alpha value is -4.05. The average Bonchev–Trinajstić information content (AvgIpc) is 3.40. The molecular formula is C22H18N6O. The molecule has 0 aliphatic carbocycles. The van der Waals surface area contributed by atoms with Gasteiger partial charge in [0.1, 0.15) is 11.8 Å². The Morgan fingerprint density at radius 1 is 1.21 bits per heavy atom. The first kappa shape index (κ1) is 17.1. The zero-order valence-corrected chi connectivity index (χ0v) is 15.6. The van der Waals surface area contributed by atoms with E-state index >= 15 is 0 Å². The number of nitriles is 1. The zero-order valence-electron chi connectivity index (χ0n) is 15.6. The van der Waals surface area contributed by atoms with Crippen molar-refractivity contribution >= 4 is 17.3 Å². The minimum absolute atomic E-state index is 0.340. The maximum atomic E-state index is 9.34. The molecule has 0 atom stereocenters. The normalized spacial score (nSPS) is 12.4. The lowest BCUT2D eigenvalue weighted by Gasteiger charge is -2.14. The fourth-order valence-electron chi connectivity index (χ4n) is 3.72. The van der Waals surface area contributed by atoms with Crippen LogP contribution in [0.15, 0.2) is 54.9 Å². The molecule has 5 rings (SSSR count). The molecule has 3 N–H and O–H groups in total. The molecule has 1 aliphatic heterocycles. The first-order valence-corrected chi connectivity index (χ1v) is 9.35. The van der Waals surface area contributed by atoms with E-state index in [0.29, 0.717) is 30.4 Å². The highest BCUT2D eigenvalue weighted by atomic mass is 16.5. The van der Waals surface area contributed by atoms with Crippen molar-refractivity contribution in [3.63, 3.8) is 0 Å². The van der Waals surface area contributed by atoms with Crippen LogP contribution in [0.4, 0.5) is 11.6 Å².